The number of hydrogen-bond acceptors (Lipinski definition) is 1. The molecule has 1 unspecified atom stereocenters. The molecule has 0 fully saturated rings. The largest absolute Gasteiger partial charge is 0.266 e. The van der Waals surface area contributed by atoms with Crippen LogP contribution in [0.2, 0.25) is 0 Å². The van der Waals surface area contributed by atoms with E-state index in [9.17, 15) is 0 Å². The smallest absolute Gasteiger partial charge is 0.0427 e. The van der Waals surface area contributed by atoms with Crippen LogP contribution in [-0.4, -0.2) is 6.21 Å². The van der Waals surface area contributed by atoms with Crippen LogP contribution in [-0.2, 0) is 0 Å². The van der Waals surface area contributed by atoms with Gasteiger partial charge in [0.15, 0.2) is 0 Å². The van der Waals surface area contributed by atoms with E-state index in [0.717, 1.165) is 12.1 Å². The predicted octanol–water partition coefficient (Wildman–Crippen LogP) is 3.19. The predicted molar refractivity (Wildman–Crippen MR) is 51.9 cm³/mol. The van der Waals surface area contributed by atoms with E-state index in [1.54, 1.807) is 6.08 Å². The minimum Gasteiger partial charge on any atom is -0.266 e. The summed E-state index contributed by atoms with van der Waals surface area (Å²) in [5, 5.41) is 0. The lowest BCUT2D eigenvalue weighted by molar-refractivity contribution is 0.649. The monoisotopic (exact) mass is 151 g/mol. The third-order valence-corrected chi connectivity index (χ3v) is 1.68. The van der Waals surface area contributed by atoms with Crippen molar-refractivity contribution in [3.05, 3.63) is 24.4 Å². The summed E-state index contributed by atoms with van der Waals surface area (Å²) in [5.41, 5.74) is 1.12. The Morgan fingerprint density at radius 3 is 2.64 bits per heavy atom. The molecule has 1 atom stereocenters. The topological polar surface area (TPSA) is 12.4 Å². The average Bonchev–Trinajstić information content (AvgIpc) is 2.03. The second-order valence-electron chi connectivity index (χ2n) is 2.52. The fourth-order valence-corrected chi connectivity index (χ4v) is 0.813. The lowest BCUT2D eigenvalue weighted by Crippen LogP contribution is -1.94. The van der Waals surface area contributed by atoms with Crippen molar-refractivity contribution in [2.45, 2.75) is 27.2 Å². The minimum atomic E-state index is 0.532. The molecule has 0 N–H and O–H groups in total. The van der Waals surface area contributed by atoms with E-state index >= 15 is 0 Å². The van der Waals surface area contributed by atoms with Crippen LogP contribution < -0.4 is 0 Å². The number of rotatable bonds is 4. The van der Waals surface area contributed by atoms with E-state index < -0.39 is 0 Å². The van der Waals surface area contributed by atoms with E-state index in [1.165, 1.54) is 0 Å². The molecular formula is C10H17N. The second kappa shape index (κ2) is 5.90. The van der Waals surface area contributed by atoms with Crippen LogP contribution in [0.1, 0.15) is 27.2 Å². The maximum absolute atomic E-state index is 4.25. The van der Waals surface area contributed by atoms with Crippen molar-refractivity contribution in [3.63, 3.8) is 0 Å². The van der Waals surface area contributed by atoms with Gasteiger partial charge < -0.3 is 0 Å². The number of hydrogen-bond donors (Lipinski definition) is 0. The summed E-state index contributed by atoms with van der Waals surface area (Å²) >= 11 is 0. The van der Waals surface area contributed by atoms with Gasteiger partial charge >= 0.3 is 0 Å². The van der Waals surface area contributed by atoms with E-state index in [2.05, 4.69) is 25.4 Å². The number of allylic oxidation sites excluding steroid dienone is 3. The van der Waals surface area contributed by atoms with Gasteiger partial charge in [-0.2, -0.15) is 0 Å². The van der Waals surface area contributed by atoms with E-state index in [4.69, 9.17) is 0 Å². The van der Waals surface area contributed by atoms with Gasteiger partial charge in [0.05, 0.1) is 0 Å². The van der Waals surface area contributed by atoms with Crippen molar-refractivity contribution >= 4 is 6.21 Å². The second-order valence-corrected chi connectivity index (χ2v) is 2.52. The van der Waals surface area contributed by atoms with Gasteiger partial charge in [-0.25, -0.2) is 0 Å². The van der Waals surface area contributed by atoms with Crippen LogP contribution in [0.25, 0.3) is 0 Å². The zero-order valence-corrected chi connectivity index (χ0v) is 7.67. The van der Waals surface area contributed by atoms with Gasteiger partial charge in [0.25, 0.3) is 0 Å². The molecule has 0 amide bonds. The Bertz CT molecular complexity index is 166. The van der Waals surface area contributed by atoms with Crippen LogP contribution in [0.15, 0.2) is 29.4 Å². The number of nitrogens with zero attached hydrogens (tertiary/aromatic N) is 1. The molecule has 0 heterocycles. The first-order chi connectivity index (χ1) is 5.26. The van der Waals surface area contributed by atoms with Crippen LogP contribution >= 0.6 is 0 Å². The molecule has 0 aromatic carbocycles. The van der Waals surface area contributed by atoms with Crippen LogP contribution in [0, 0.1) is 5.92 Å². The number of aliphatic imine (C=N–C) groups is 1. The van der Waals surface area contributed by atoms with Crippen LogP contribution in [0.4, 0.5) is 0 Å². The molecule has 0 saturated carbocycles. The van der Waals surface area contributed by atoms with Crippen molar-refractivity contribution in [2.24, 2.45) is 10.9 Å². The summed E-state index contributed by atoms with van der Waals surface area (Å²) in [6.07, 6.45) is 6.70. The normalized spacial score (nSPS) is 15.4. The highest BCUT2D eigenvalue weighted by molar-refractivity contribution is 5.55. The summed E-state index contributed by atoms with van der Waals surface area (Å²) in [7, 11) is 0. The molecule has 11 heavy (non-hydrogen) atoms. The molecule has 1 nitrogen and oxygen atoms in total. The summed E-state index contributed by atoms with van der Waals surface area (Å²) in [4.78, 5) is 4.25. The average molecular weight is 151 g/mol. The van der Waals surface area contributed by atoms with Gasteiger partial charge in [-0.05, 0) is 25.3 Å². The van der Waals surface area contributed by atoms with Gasteiger partial charge in [0.2, 0.25) is 0 Å². The van der Waals surface area contributed by atoms with Gasteiger partial charge in [0.1, 0.15) is 0 Å². The van der Waals surface area contributed by atoms with Crippen molar-refractivity contribution in [1.82, 2.24) is 0 Å². The first kappa shape index (κ1) is 10.2. The van der Waals surface area contributed by atoms with Crippen LogP contribution in [0.3, 0.4) is 0 Å². The van der Waals surface area contributed by atoms with E-state index in [1.807, 2.05) is 19.2 Å². The lowest BCUT2D eigenvalue weighted by Gasteiger charge is -2.07. The first-order valence-electron chi connectivity index (χ1n) is 4.07. The molecule has 0 aromatic heterocycles. The third-order valence-electron chi connectivity index (χ3n) is 1.68. The quantitative estimate of drug-likeness (QED) is 0.432. The first-order valence-corrected chi connectivity index (χ1v) is 4.07. The van der Waals surface area contributed by atoms with Crippen molar-refractivity contribution in [2.75, 3.05) is 0 Å². The molecule has 0 radical (unpaired) electrons. The highest BCUT2D eigenvalue weighted by Crippen LogP contribution is 2.14. The maximum Gasteiger partial charge on any atom is 0.0427 e. The fourth-order valence-electron chi connectivity index (χ4n) is 0.813. The van der Waals surface area contributed by atoms with Gasteiger partial charge in [-0.1, -0.05) is 26.5 Å². The van der Waals surface area contributed by atoms with E-state index in [-0.39, 0.29) is 0 Å². The Hall–Kier alpha value is -0.850. The Labute approximate surface area is 69.5 Å². The lowest BCUT2D eigenvalue weighted by atomic mass is 10.1. The Morgan fingerprint density at radius 2 is 2.27 bits per heavy atom. The zero-order valence-electron chi connectivity index (χ0n) is 7.67. The molecule has 0 aromatic rings. The third kappa shape index (κ3) is 3.76. The van der Waals surface area contributed by atoms with E-state index in [0.29, 0.717) is 5.92 Å². The zero-order chi connectivity index (χ0) is 8.69. The summed E-state index contributed by atoms with van der Waals surface area (Å²) in [5.74, 6) is 0.532. The molecule has 1 heteroatoms. The SMILES string of the molecule is C=C/C=C(\N=CC)C(C)CC. The Morgan fingerprint density at radius 1 is 1.64 bits per heavy atom. The molecule has 0 bridgehead atoms. The van der Waals surface area contributed by atoms with Crippen LogP contribution in [0.5, 0.6) is 0 Å². The molecule has 0 aliphatic heterocycles. The molecule has 62 valence electrons. The van der Waals surface area contributed by atoms with Gasteiger partial charge in [-0.3, -0.25) is 4.99 Å². The van der Waals surface area contributed by atoms with Crippen molar-refractivity contribution in [1.29, 1.82) is 0 Å². The highest BCUT2D eigenvalue weighted by Gasteiger charge is 2.01. The molecule has 0 aliphatic rings. The molecule has 0 aliphatic carbocycles. The minimum absolute atomic E-state index is 0.532. The molecular weight excluding hydrogens is 134 g/mol. The summed E-state index contributed by atoms with van der Waals surface area (Å²) in [6.45, 7) is 9.91. The van der Waals surface area contributed by atoms with Gasteiger partial charge in [0, 0.05) is 11.9 Å². The molecule has 0 saturated heterocycles. The molecule has 0 rings (SSSR count). The summed E-state index contributed by atoms with van der Waals surface area (Å²) in [6, 6.07) is 0. The Kier molecular flexibility index (Phi) is 5.44. The van der Waals surface area contributed by atoms with Crippen molar-refractivity contribution in [3.8, 4) is 0 Å². The Balaban J connectivity index is 4.32. The molecule has 0 spiro atoms. The van der Waals surface area contributed by atoms with Crippen molar-refractivity contribution < 1.29 is 0 Å². The summed E-state index contributed by atoms with van der Waals surface area (Å²) < 4.78 is 0. The van der Waals surface area contributed by atoms with Gasteiger partial charge in [-0.15, -0.1) is 0 Å². The highest BCUT2D eigenvalue weighted by atomic mass is 14.7. The maximum atomic E-state index is 4.25. The standard InChI is InChI=1S/C10H17N/c1-5-8-10(11-7-3)9(4)6-2/h5,7-9H,1,6H2,2-4H3/b10-8-,11-7?. The fraction of sp³-hybridized carbons (Fsp3) is 0.500.